The van der Waals surface area contributed by atoms with Gasteiger partial charge in [-0.05, 0) is 68.9 Å². The number of aromatic nitrogens is 4. The second kappa shape index (κ2) is 11.6. The molecular weight excluding hydrogens is 551 g/mol. The molecule has 41 heavy (non-hydrogen) atoms. The summed E-state index contributed by atoms with van der Waals surface area (Å²) in [5.74, 6) is -0.162. The molecule has 2 aliphatic carbocycles. The second-order valence-electron chi connectivity index (χ2n) is 10.2. The molecule has 2 amide bonds. The number of ether oxygens (including phenoxy) is 1. The molecule has 212 valence electrons. The van der Waals surface area contributed by atoms with E-state index in [1.165, 1.54) is 23.0 Å². The SMILES string of the molecule is O=C(NC1CCC(Nc2cc(NC3CC3)c3ncc(C(=O)Nc4ccncc4F)n3n2)CC1)Oc1ccc(Cl)cc1. The molecular formula is C28H28ClFN8O3. The van der Waals surface area contributed by atoms with Crippen LogP contribution in [0, 0.1) is 5.82 Å². The molecule has 2 aliphatic rings. The second-order valence-corrected chi connectivity index (χ2v) is 10.7. The fourth-order valence-corrected chi connectivity index (χ4v) is 4.93. The maximum absolute atomic E-state index is 14.1. The predicted molar refractivity (Wildman–Crippen MR) is 152 cm³/mol. The number of benzene rings is 1. The summed E-state index contributed by atoms with van der Waals surface area (Å²) < 4.78 is 20.9. The van der Waals surface area contributed by atoms with Crippen LogP contribution in [0.2, 0.25) is 5.02 Å². The lowest BCUT2D eigenvalue weighted by molar-refractivity contribution is 0.102. The van der Waals surface area contributed by atoms with Gasteiger partial charge < -0.3 is 26.0 Å². The van der Waals surface area contributed by atoms with Gasteiger partial charge in [-0.2, -0.15) is 0 Å². The van der Waals surface area contributed by atoms with Gasteiger partial charge in [-0.15, -0.1) is 5.10 Å². The Bertz CT molecular complexity index is 1570. The van der Waals surface area contributed by atoms with Crippen molar-refractivity contribution in [1.82, 2.24) is 24.9 Å². The van der Waals surface area contributed by atoms with E-state index in [4.69, 9.17) is 16.3 Å². The number of fused-ring (bicyclic) bond motifs is 1. The summed E-state index contributed by atoms with van der Waals surface area (Å²) in [6, 6.07) is 10.4. The van der Waals surface area contributed by atoms with E-state index in [0.29, 0.717) is 28.3 Å². The van der Waals surface area contributed by atoms with Crippen LogP contribution in [0.4, 0.5) is 26.4 Å². The molecule has 2 fully saturated rings. The van der Waals surface area contributed by atoms with Gasteiger partial charge in [0.15, 0.2) is 17.2 Å². The zero-order chi connectivity index (χ0) is 28.3. The molecule has 0 bridgehead atoms. The Kier molecular flexibility index (Phi) is 7.55. The van der Waals surface area contributed by atoms with Gasteiger partial charge in [-0.3, -0.25) is 9.78 Å². The van der Waals surface area contributed by atoms with Crippen LogP contribution in [0.15, 0.2) is 55.0 Å². The summed E-state index contributed by atoms with van der Waals surface area (Å²) in [5.41, 5.74) is 1.47. The molecule has 3 heterocycles. The van der Waals surface area contributed by atoms with Crippen molar-refractivity contribution in [3.05, 3.63) is 71.5 Å². The van der Waals surface area contributed by atoms with E-state index in [9.17, 15) is 14.0 Å². The van der Waals surface area contributed by atoms with E-state index in [2.05, 4.69) is 36.3 Å². The fourth-order valence-electron chi connectivity index (χ4n) is 4.81. The van der Waals surface area contributed by atoms with Crippen LogP contribution < -0.4 is 26.0 Å². The first-order chi connectivity index (χ1) is 19.9. The van der Waals surface area contributed by atoms with Gasteiger partial charge in [0.25, 0.3) is 5.91 Å². The van der Waals surface area contributed by atoms with Crippen LogP contribution in [0.3, 0.4) is 0 Å². The number of hydrogen-bond acceptors (Lipinski definition) is 8. The number of rotatable bonds is 8. The summed E-state index contributed by atoms with van der Waals surface area (Å²) in [7, 11) is 0. The molecule has 4 N–H and O–H groups in total. The summed E-state index contributed by atoms with van der Waals surface area (Å²) in [6.45, 7) is 0. The first-order valence-corrected chi connectivity index (χ1v) is 13.9. The number of halogens is 2. The molecule has 4 aromatic rings. The Morgan fingerprint density at radius 2 is 1.63 bits per heavy atom. The topological polar surface area (TPSA) is 135 Å². The largest absolute Gasteiger partial charge is 0.412 e. The summed E-state index contributed by atoms with van der Waals surface area (Å²) >= 11 is 5.88. The number of amides is 2. The monoisotopic (exact) mass is 578 g/mol. The molecule has 0 atom stereocenters. The van der Waals surface area contributed by atoms with Crippen LogP contribution in [0.5, 0.6) is 5.75 Å². The van der Waals surface area contributed by atoms with Gasteiger partial charge >= 0.3 is 6.09 Å². The molecule has 0 spiro atoms. The minimum atomic E-state index is -0.635. The van der Waals surface area contributed by atoms with E-state index in [1.807, 2.05) is 6.07 Å². The predicted octanol–water partition coefficient (Wildman–Crippen LogP) is 5.26. The highest BCUT2D eigenvalue weighted by atomic mass is 35.5. The van der Waals surface area contributed by atoms with Crippen molar-refractivity contribution in [2.45, 2.75) is 56.7 Å². The van der Waals surface area contributed by atoms with E-state index >= 15 is 0 Å². The number of nitrogens with one attached hydrogen (secondary N) is 4. The highest BCUT2D eigenvalue weighted by molar-refractivity contribution is 6.30. The number of carbonyl (C=O) groups is 2. The van der Waals surface area contributed by atoms with E-state index < -0.39 is 17.8 Å². The van der Waals surface area contributed by atoms with Gasteiger partial charge in [-0.1, -0.05) is 11.6 Å². The van der Waals surface area contributed by atoms with E-state index in [-0.39, 0.29) is 23.5 Å². The van der Waals surface area contributed by atoms with Crippen molar-refractivity contribution >= 4 is 46.4 Å². The Hall–Kier alpha value is -4.45. The fraction of sp³-hybridized carbons (Fsp3) is 0.321. The van der Waals surface area contributed by atoms with Crippen molar-refractivity contribution < 1.29 is 18.7 Å². The third kappa shape index (κ3) is 6.49. The first-order valence-electron chi connectivity index (χ1n) is 13.5. The number of nitrogens with zero attached hydrogens (tertiary/aromatic N) is 4. The number of imidazole rings is 1. The van der Waals surface area contributed by atoms with Crippen LogP contribution in [-0.2, 0) is 0 Å². The van der Waals surface area contributed by atoms with Gasteiger partial charge in [0, 0.05) is 35.4 Å². The molecule has 11 nitrogen and oxygen atoms in total. The van der Waals surface area contributed by atoms with Gasteiger partial charge in [-0.25, -0.2) is 18.7 Å². The van der Waals surface area contributed by atoms with Crippen molar-refractivity contribution in [1.29, 1.82) is 0 Å². The molecule has 2 saturated carbocycles. The zero-order valence-corrected chi connectivity index (χ0v) is 22.7. The van der Waals surface area contributed by atoms with Crippen molar-refractivity contribution in [3.8, 4) is 5.75 Å². The minimum Gasteiger partial charge on any atom is -0.410 e. The van der Waals surface area contributed by atoms with Gasteiger partial charge in [0.05, 0.1) is 23.8 Å². The van der Waals surface area contributed by atoms with Crippen molar-refractivity contribution in [3.63, 3.8) is 0 Å². The number of carbonyl (C=O) groups excluding carboxylic acids is 2. The average Bonchev–Trinajstić information content (AvgIpc) is 3.67. The quantitative estimate of drug-likeness (QED) is 0.222. The zero-order valence-electron chi connectivity index (χ0n) is 21.9. The highest BCUT2D eigenvalue weighted by Crippen LogP contribution is 2.30. The maximum atomic E-state index is 14.1. The molecule has 0 unspecified atom stereocenters. The molecule has 3 aromatic heterocycles. The summed E-state index contributed by atoms with van der Waals surface area (Å²) in [6.07, 6.45) is 8.62. The Morgan fingerprint density at radius 1 is 0.927 bits per heavy atom. The van der Waals surface area contributed by atoms with Gasteiger partial charge in [0.2, 0.25) is 0 Å². The third-order valence-corrected chi connectivity index (χ3v) is 7.34. The molecule has 0 aliphatic heterocycles. The molecule has 0 saturated heterocycles. The summed E-state index contributed by atoms with van der Waals surface area (Å²) in [5, 5.41) is 17.7. The molecule has 6 rings (SSSR count). The lowest BCUT2D eigenvalue weighted by Crippen LogP contribution is -2.41. The smallest absolute Gasteiger partial charge is 0.410 e. The van der Waals surface area contributed by atoms with Crippen molar-refractivity contribution in [2.24, 2.45) is 0 Å². The highest BCUT2D eigenvalue weighted by Gasteiger charge is 2.26. The van der Waals surface area contributed by atoms with Crippen LogP contribution in [-0.4, -0.2) is 49.7 Å². The normalized spacial score (nSPS) is 18.5. The Balaban J connectivity index is 1.12. The third-order valence-electron chi connectivity index (χ3n) is 7.08. The minimum absolute atomic E-state index is 0.00656. The van der Waals surface area contributed by atoms with E-state index in [1.54, 1.807) is 24.3 Å². The first kappa shape index (κ1) is 26.8. The van der Waals surface area contributed by atoms with Crippen molar-refractivity contribution in [2.75, 3.05) is 16.0 Å². The van der Waals surface area contributed by atoms with Crippen LogP contribution in [0.25, 0.3) is 5.65 Å². The Morgan fingerprint density at radius 3 is 2.37 bits per heavy atom. The van der Waals surface area contributed by atoms with Gasteiger partial charge in [0.1, 0.15) is 11.6 Å². The lowest BCUT2D eigenvalue weighted by atomic mass is 9.91. The number of pyridine rings is 1. The summed E-state index contributed by atoms with van der Waals surface area (Å²) in [4.78, 5) is 33.5. The maximum Gasteiger partial charge on any atom is 0.412 e. The molecule has 0 radical (unpaired) electrons. The van der Waals surface area contributed by atoms with Crippen LogP contribution in [0.1, 0.15) is 49.0 Å². The Labute approximate surface area is 239 Å². The number of hydrogen-bond donors (Lipinski definition) is 4. The lowest BCUT2D eigenvalue weighted by Gasteiger charge is -2.29. The standard InChI is InChI=1S/C28H28ClFN8O3/c29-16-1-9-20(10-2-16)41-28(40)35-19-7-5-18(6-8-19)34-25-13-23(33-17-3-4-17)26-32-15-24(38(26)37-25)27(39)36-22-11-12-31-14-21(22)30/h1-2,9-15,17-19,33H,3-8H2,(H,34,37)(H,35,40)(H,31,36,39). The average molecular weight is 579 g/mol. The molecule has 1 aromatic carbocycles. The van der Waals surface area contributed by atoms with Crippen LogP contribution >= 0.6 is 11.6 Å². The number of anilines is 3. The molecule has 13 heteroatoms. The van der Waals surface area contributed by atoms with E-state index in [0.717, 1.165) is 50.4 Å².